The topological polar surface area (TPSA) is 95.7 Å². The third kappa shape index (κ3) is 3.82. The molecule has 0 aromatic heterocycles. The summed E-state index contributed by atoms with van der Waals surface area (Å²) in [6.45, 7) is 0.359. The second-order valence-electron chi connectivity index (χ2n) is 8.39. The molecule has 1 aromatic rings. The predicted molar refractivity (Wildman–Crippen MR) is 100.0 cm³/mol. The van der Waals surface area contributed by atoms with E-state index in [1.54, 1.807) is 0 Å². The molecule has 4 fully saturated rings. The number of hydrogen-bond donors (Lipinski definition) is 1. The van der Waals surface area contributed by atoms with E-state index in [2.05, 4.69) is 0 Å². The number of benzene rings is 1. The number of hydrogen-bond acceptors (Lipinski definition) is 5. The van der Waals surface area contributed by atoms with Crippen molar-refractivity contribution in [3.63, 3.8) is 0 Å². The summed E-state index contributed by atoms with van der Waals surface area (Å²) >= 11 is 6.77. The summed E-state index contributed by atoms with van der Waals surface area (Å²) in [4.78, 5) is 12.6. The average Bonchev–Trinajstić information content (AvgIpc) is 2.56. The molecule has 2 unspecified atom stereocenters. The molecule has 8 heteroatoms. The summed E-state index contributed by atoms with van der Waals surface area (Å²) in [5.41, 5.74) is -0.414. The zero-order chi connectivity index (χ0) is 19.3. The van der Waals surface area contributed by atoms with E-state index in [1.165, 1.54) is 30.7 Å². The standard InChI is InChI=1S/C19H24ClNO5S/c20-19-10-13-7-14(11-19)9-18(8-13,12-19)17(22)26-6-5-25-15-1-3-16(4-2-15)27(21,23)24/h1-4,13-14H,5-12H2,(H2,21,23,24)/t13-,14+,18?,19?. The third-order valence-corrected chi connectivity index (χ3v) is 7.53. The minimum absolute atomic E-state index is 0.0260. The molecule has 148 valence electrons. The zero-order valence-electron chi connectivity index (χ0n) is 15.0. The van der Waals surface area contributed by atoms with Crippen molar-refractivity contribution in [1.29, 1.82) is 0 Å². The van der Waals surface area contributed by atoms with Crippen LogP contribution >= 0.6 is 11.6 Å². The van der Waals surface area contributed by atoms with E-state index >= 15 is 0 Å². The Balaban J connectivity index is 1.29. The minimum Gasteiger partial charge on any atom is -0.490 e. The van der Waals surface area contributed by atoms with Gasteiger partial charge in [-0.2, -0.15) is 0 Å². The molecular weight excluding hydrogens is 390 g/mol. The largest absolute Gasteiger partial charge is 0.490 e. The van der Waals surface area contributed by atoms with Crippen molar-refractivity contribution in [2.45, 2.75) is 48.3 Å². The Hall–Kier alpha value is -1.31. The van der Waals surface area contributed by atoms with Crippen LogP contribution in [0.1, 0.15) is 38.5 Å². The Labute approximate surface area is 164 Å². The molecule has 5 rings (SSSR count). The van der Waals surface area contributed by atoms with Crippen LogP contribution in [0.15, 0.2) is 29.2 Å². The van der Waals surface area contributed by atoms with Crippen molar-refractivity contribution in [2.24, 2.45) is 22.4 Å². The molecule has 6 nitrogen and oxygen atoms in total. The van der Waals surface area contributed by atoms with Crippen molar-refractivity contribution in [1.82, 2.24) is 0 Å². The van der Waals surface area contributed by atoms with Gasteiger partial charge < -0.3 is 9.47 Å². The Kier molecular flexibility index (Phi) is 4.68. The van der Waals surface area contributed by atoms with Crippen LogP contribution in [0, 0.1) is 17.3 Å². The molecular formula is C19H24ClNO5S. The van der Waals surface area contributed by atoms with Crippen LogP contribution in [0.4, 0.5) is 0 Å². The predicted octanol–water partition coefficient (Wildman–Crippen LogP) is 2.83. The Morgan fingerprint density at radius 1 is 1.11 bits per heavy atom. The van der Waals surface area contributed by atoms with Gasteiger partial charge in [0, 0.05) is 4.87 Å². The van der Waals surface area contributed by atoms with Crippen LogP contribution < -0.4 is 9.88 Å². The fraction of sp³-hybridized carbons (Fsp3) is 0.632. The van der Waals surface area contributed by atoms with Gasteiger partial charge in [-0.25, -0.2) is 13.6 Å². The lowest BCUT2D eigenvalue weighted by Crippen LogP contribution is -2.56. The number of rotatable bonds is 6. The molecule has 1 aromatic carbocycles. The maximum Gasteiger partial charge on any atom is 0.312 e. The molecule has 0 saturated heterocycles. The number of esters is 1. The van der Waals surface area contributed by atoms with E-state index in [0.29, 0.717) is 17.6 Å². The first-order chi connectivity index (χ1) is 12.7. The van der Waals surface area contributed by atoms with Crippen LogP contribution in [0.25, 0.3) is 0 Å². The number of alkyl halides is 1. The average molecular weight is 414 g/mol. The van der Waals surface area contributed by atoms with Crippen LogP contribution in [0.5, 0.6) is 5.75 Å². The molecule has 4 aliphatic carbocycles. The highest BCUT2D eigenvalue weighted by Gasteiger charge is 2.60. The number of carbonyl (C=O) groups is 1. The van der Waals surface area contributed by atoms with Crippen LogP contribution in [0.2, 0.25) is 0 Å². The van der Waals surface area contributed by atoms with E-state index < -0.39 is 15.4 Å². The Bertz CT molecular complexity index is 824. The molecule has 4 atom stereocenters. The molecule has 4 bridgehead atoms. The van der Waals surface area contributed by atoms with Crippen LogP contribution in [-0.2, 0) is 19.6 Å². The van der Waals surface area contributed by atoms with Crippen molar-refractivity contribution >= 4 is 27.6 Å². The summed E-state index contributed by atoms with van der Waals surface area (Å²) < 4.78 is 33.5. The third-order valence-electron chi connectivity index (χ3n) is 6.16. The first-order valence-electron chi connectivity index (χ1n) is 9.29. The van der Waals surface area contributed by atoms with Gasteiger partial charge in [-0.15, -0.1) is 11.6 Å². The van der Waals surface area contributed by atoms with Gasteiger partial charge in [0.05, 0.1) is 10.3 Å². The van der Waals surface area contributed by atoms with E-state index in [0.717, 1.165) is 32.1 Å². The monoisotopic (exact) mass is 413 g/mol. The lowest BCUT2D eigenvalue weighted by atomic mass is 9.49. The lowest BCUT2D eigenvalue weighted by molar-refractivity contribution is -0.170. The molecule has 0 amide bonds. The van der Waals surface area contributed by atoms with E-state index in [9.17, 15) is 13.2 Å². The molecule has 0 heterocycles. The highest BCUT2D eigenvalue weighted by molar-refractivity contribution is 7.89. The number of halogens is 1. The number of nitrogens with two attached hydrogens (primary N) is 1. The Morgan fingerprint density at radius 3 is 2.30 bits per heavy atom. The van der Waals surface area contributed by atoms with E-state index in [1.807, 2.05) is 0 Å². The minimum atomic E-state index is -3.72. The van der Waals surface area contributed by atoms with Gasteiger partial charge >= 0.3 is 5.97 Å². The highest BCUT2D eigenvalue weighted by Crippen LogP contribution is 2.64. The molecule has 27 heavy (non-hydrogen) atoms. The van der Waals surface area contributed by atoms with Crippen molar-refractivity contribution in [3.8, 4) is 5.75 Å². The quantitative estimate of drug-likeness (QED) is 0.439. The fourth-order valence-electron chi connectivity index (χ4n) is 5.56. The number of carbonyl (C=O) groups excluding carboxylic acids is 1. The SMILES string of the molecule is NS(=O)(=O)c1ccc(OCCOC(=O)C23C[C@@H]4C[C@@H](CC(Cl)(C4)C2)C3)cc1. The summed E-state index contributed by atoms with van der Waals surface area (Å²) in [5.74, 6) is 1.44. The van der Waals surface area contributed by atoms with Gasteiger partial charge in [-0.3, -0.25) is 4.79 Å². The molecule has 2 N–H and O–H groups in total. The maximum atomic E-state index is 12.8. The Morgan fingerprint density at radius 2 is 1.74 bits per heavy atom. The highest BCUT2D eigenvalue weighted by atomic mass is 35.5. The summed E-state index contributed by atoms with van der Waals surface area (Å²) in [5, 5.41) is 5.06. The summed E-state index contributed by atoms with van der Waals surface area (Å²) in [6, 6.07) is 5.81. The number of ether oxygens (including phenoxy) is 2. The normalized spacial score (nSPS) is 34.4. The van der Waals surface area contributed by atoms with Crippen molar-refractivity contribution < 1.29 is 22.7 Å². The maximum absolute atomic E-state index is 12.8. The van der Waals surface area contributed by atoms with Gasteiger partial charge in [-0.05, 0) is 74.6 Å². The fourth-order valence-corrected chi connectivity index (χ4v) is 6.77. The first-order valence-corrected chi connectivity index (χ1v) is 11.2. The van der Waals surface area contributed by atoms with Crippen molar-refractivity contribution in [3.05, 3.63) is 24.3 Å². The zero-order valence-corrected chi connectivity index (χ0v) is 16.6. The van der Waals surface area contributed by atoms with Crippen LogP contribution in [0.3, 0.4) is 0 Å². The second-order valence-corrected chi connectivity index (χ2v) is 10.8. The van der Waals surface area contributed by atoms with E-state index in [4.69, 9.17) is 26.2 Å². The molecule has 0 aliphatic heterocycles. The first kappa shape index (κ1) is 19.0. The van der Waals surface area contributed by atoms with Gasteiger partial charge in [-0.1, -0.05) is 0 Å². The van der Waals surface area contributed by atoms with E-state index in [-0.39, 0.29) is 29.0 Å². The van der Waals surface area contributed by atoms with Gasteiger partial charge in [0.1, 0.15) is 19.0 Å². The van der Waals surface area contributed by atoms with Gasteiger partial charge in [0.2, 0.25) is 10.0 Å². The molecule has 4 aliphatic rings. The molecule has 4 saturated carbocycles. The number of primary sulfonamides is 1. The van der Waals surface area contributed by atoms with Gasteiger partial charge in [0.25, 0.3) is 0 Å². The smallest absolute Gasteiger partial charge is 0.312 e. The molecule has 0 radical (unpaired) electrons. The lowest BCUT2D eigenvalue weighted by Gasteiger charge is -2.58. The van der Waals surface area contributed by atoms with Crippen molar-refractivity contribution in [2.75, 3.05) is 13.2 Å². The second kappa shape index (κ2) is 6.64. The summed E-state index contributed by atoms with van der Waals surface area (Å²) in [6.07, 6.45) is 5.76. The van der Waals surface area contributed by atoms with Gasteiger partial charge in [0.15, 0.2) is 0 Å². The van der Waals surface area contributed by atoms with Crippen LogP contribution in [-0.4, -0.2) is 32.5 Å². The summed E-state index contributed by atoms with van der Waals surface area (Å²) in [7, 11) is -3.72. The molecule has 0 spiro atoms. The number of sulfonamides is 1.